The molecule has 0 saturated carbocycles. The van der Waals surface area contributed by atoms with Crippen LogP contribution in [0.3, 0.4) is 0 Å². The van der Waals surface area contributed by atoms with Crippen LogP contribution in [0.4, 0.5) is 4.79 Å². The van der Waals surface area contributed by atoms with E-state index < -0.39 is 0 Å². The minimum Gasteiger partial charge on any atom is -0.444 e. The Bertz CT molecular complexity index is 385. The van der Waals surface area contributed by atoms with Gasteiger partial charge < -0.3 is 19.8 Å². The first kappa shape index (κ1) is 11.9. The lowest BCUT2D eigenvalue weighted by Gasteiger charge is -2.14. The zero-order chi connectivity index (χ0) is 12.3. The maximum Gasteiger partial charge on any atom is 0.315 e. The third kappa shape index (κ3) is 3.20. The number of aryl methyl sites for hydroxylation is 1. The van der Waals surface area contributed by atoms with Crippen LogP contribution in [0.15, 0.2) is 10.6 Å². The number of carbonyl (C=O) groups is 1. The van der Waals surface area contributed by atoms with Crippen molar-refractivity contribution in [3.8, 4) is 0 Å². The van der Waals surface area contributed by atoms with E-state index in [4.69, 9.17) is 9.15 Å². The highest BCUT2D eigenvalue weighted by Gasteiger charge is 2.20. The first-order valence-corrected chi connectivity index (χ1v) is 5.72. The van der Waals surface area contributed by atoms with Crippen LogP contribution >= 0.6 is 0 Å². The van der Waals surface area contributed by atoms with Crippen molar-refractivity contribution in [2.75, 3.05) is 13.2 Å². The quantitative estimate of drug-likeness (QED) is 0.829. The van der Waals surface area contributed by atoms with Crippen molar-refractivity contribution >= 4 is 6.03 Å². The molecule has 2 unspecified atom stereocenters. The van der Waals surface area contributed by atoms with E-state index in [1.165, 1.54) is 0 Å². The molecule has 2 N–H and O–H groups in total. The van der Waals surface area contributed by atoms with E-state index in [0.29, 0.717) is 19.1 Å². The maximum absolute atomic E-state index is 11.6. The van der Waals surface area contributed by atoms with Crippen LogP contribution in [0, 0.1) is 6.92 Å². The molecule has 1 aliphatic heterocycles. The molecule has 1 aromatic heterocycles. The Labute approximate surface area is 99.7 Å². The minimum absolute atomic E-state index is 0.105. The van der Waals surface area contributed by atoms with Crippen LogP contribution in [-0.2, 0) is 4.74 Å². The molecule has 1 fully saturated rings. The molecule has 2 amide bonds. The molecule has 17 heavy (non-hydrogen) atoms. The zero-order valence-electron chi connectivity index (χ0n) is 10.0. The van der Waals surface area contributed by atoms with Crippen molar-refractivity contribution in [1.82, 2.24) is 15.6 Å². The van der Waals surface area contributed by atoms with Gasteiger partial charge in [0.1, 0.15) is 11.8 Å². The summed E-state index contributed by atoms with van der Waals surface area (Å²) < 4.78 is 10.5. The summed E-state index contributed by atoms with van der Waals surface area (Å²) in [6.45, 7) is 4.94. The van der Waals surface area contributed by atoms with Crippen molar-refractivity contribution in [2.45, 2.75) is 32.4 Å². The zero-order valence-corrected chi connectivity index (χ0v) is 10.0. The Hall–Kier alpha value is -1.56. The molecule has 1 aliphatic rings. The van der Waals surface area contributed by atoms with Crippen molar-refractivity contribution in [2.24, 2.45) is 0 Å². The summed E-state index contributed by atoms with van der Waals surface area (Å²) in [5.74, 6) is 1.25. The van der Waals surface area contributed by atoms with E-state index >= 15 is 0 Å². The highest BCUT2D eigenvalue weighted by molar-refractivity contribution is 5.74. The number of nitrogens with one attached hydrogen (secondary N) is 2. The van der Waals surface area contributed by atoms with Gasteiger partial charge in [-0.15, -0.1) is 0 Å². The molecule has 0 aliphatic carbocycles. The van der Waals surface area contributed by atoms with Crippen LogP contribution in [0.25, 0.3) is 0 Å². The van der Waals surface area contributed by atoms with Gasteiger partial charge in [0.15, 0.2) is 0 Å². The normalized spacial score (nSPS) is 21.2. The number of urea groups is 1. The fourth-order valence-electron chi connectivity index (χ4n) is 1.71. The smallest absolute Gasteiger partial charge is 0.315 e. The summed E-state index contributed by atoms with van der Waals surface area (Å²) >= 11 is 0. The summed E-state index contributed by atoms with van der Waals surface area (Å²) in [5, 5.41) is 5.62. The summed E-state index contributed by atoms with van der Waals surface area (Å²) in [6.07, 6.45) is 2.50. The minimum atomic E-state index is -0.244. The number of hydrogen-bond acceptors (Lipinski definition) is 4. The number of rotatable bonds is 3. The molecule has 6 nitrogen and oxygen atoms in total. The van der Waals surface area contributed by atoms with Gasteiger partial charge in [0.2, 0.25) is 5.89 Å². The summed E-state index contributed by atoms with van der Waals surface area (Å²) in [7, 11) is 0. The predicted molar refractivity (Wildman–Crippen MR) is 60.5 cm³/mol. The number of hydrogen-bond donors (Lipinski definition) is 2. The number of aromatic nitrogens is 1. The van der Waals surface area contributed by atoms with Gasteiger partial charge in [-0.25, -0.2) is 9.78 Å². The predicted octanol–water partition coefficient (Wildman–Crippen LogP) is 1.13. The second-order valence-corrected chi connectivity index (χ2v) is 4.21. The average molecular weight is 239 g/mol. The second kappa shape index (κ2) is 5.18. The summed E-state index contributed by atoms with van der Waals surface area (Å²) in [5.41, 5.74) is 0. The largest absolute Gasteiger partial charge is 0.444 e. The summed E-state index contributed by atoms with van der Waals surface area (Å²) in [6, 6.07) is -0.358. The third-order valence-corrected chi connectivity index (χ3v) is 2.62. The fourth-order valence-corrected chi connectivity index (χ4v) is 1.71. The number of nitrogens with zero attached hydrogens (tertiary/aromatic N) is 1. The second-order valence-electron chi connectivity index (χ2n) is 4.21. The Balaban J connectivity index is 1.81. The lowest BCUT2D eigenvalue weighted by atomic mass is 10.3. The Morgan fingerprint density at radius 2 is 2.47 bits per heavy atom. The molecule has 6 heteroatoms. The number of oxazole rings is 1. The molecular weight excluding hydrogens is 222 g/mol. The Morgan fingerprint density at radius 3 is 3.06 bits per heavy atom. The van der Waals surface area contributed by atoms with Gasteiger partial charge in [0.25, 0.3) is 0 Å². The lowest BCUT2D eigenvalue weighted by molar-refractivity contribution is 0.188. The molecule has 2 rings (SSSR count). The highest BCUT2D eigenvalue weighted by Crippen LogP contribution is 2.11. The molecular formula is C11H17N3O3. The number of ether oxygens (including phenoxy) is 1. The molecule has 1 aromatic rings. The Morgan fingerprint density at radius 1 is 1.65 bits per heavy atom. The van der Waals surface area contributed by atoms with Crippen molar-refractivity contribution in [1.29, 1.82) is 0 Å². The molecule has 94 valence electrons. The first-order chi connectivity index (χ1) is 8.15. The molecule has 0 spiro atoms. The average Bonchev–Trinajstić information content (AvgIpc) is 2.89. The lowest BCUT2D eigenvalue weighted by Crippen LogP contribution is -2.43. The molecule has 0 bridgehead atoms. The highest BCUT2D eigenvalue weighted by atomic mass is 16.5. The maximum atomic E-state index is 11.6. The van der Waals surface area contributed by atoms with Crippen LogP contribution in [0.2, 0.25) is 0 Å². The Kier molecular flexibility index (Phi) is 3.63. The SMILES string of the molecule is Cc1cnc(C(C)NC(=O)NC2CCOC2)o1. The van der Waals surface area contributed by atoms with Gasteiger partial charge in [-0.2, -0.15) is 0 Å². The van der Waals surface area contributed by atoms with Crippen molar-refractivity contribution in [3.05, 3.63) is 17.8 Å². The van der Waals surface area contributed by atoms with Crippen molar-refractivity contribution in [3.63, 3.8) is 0 Å². The van der Waals surface area contributed by atoms with Gasteiger partial charge in [-0.1, -0.05) is 0 Å². The third-order valence-electron chi connectivity index (χ3n) is 2.62. The monoisotopic (exact) mass is 239 g/mol. The van der Waals surface area contributed by atoms with E-state index in [-0.39, 0.29) is 18.1 Å². The van der Waals surface area contributed by atoms with E-state index in [0.717, 1.165) is 12.2 Å². The number of carbonyl (C=O) groups excluding carboxylic acids is 1. The molecule has 1 saturated heterocycles. The van der Waals surface area contributed by atoms with E-state index in [2.05, 4.69) is 15.6 Å². The van der Waals surface area contributed by atoms with E-state index in [1.54, 1.807) is 6.20 Å². The molecule has 0 radical (unpaired) electrons. The topological polar surface area (TPSA) is 76.4 Å². The summed E-state index contributed by atoms with van der Waals surface area (Å²) in [4.78, 5) is 15.7. The number of amides is 2. The van der Waals surface area contributed by atoms with Gasteiger partial charge in [-0.3, -0.25) is 0 Å². The van der Waals surface area contributed by atoms with Gasteiger partial charge in [0.05, 0.1) is 18.8 Å². The van der Waals surface area contributed by atoms with Gasteiger partial charge in [-0.05, 0) is 20.3 Å². The van der Waals surface area contributed by atoms with Crippen LogP contribution in [0.1, 0.15) is 31.0 Å². The first-order valence-electron chi connectivity index (χ1n) is 5.72. The molecule has 2 atom stereocenters. The van der Waals surface area contributed by atoms with Gasteiger partial charge >= 0.3 is 6.03 Å². The standard InChI is InChI=1S/C11H17N3O3/c1-7-5-12-10(17-7)8(2)13-11(15)14-9-3-4-16-6-9/h5,8-9H,3-4,6H2,1-2H3,(H2,13,14,15). The van der Waals surface area contributed by atoms with E-state index in [1.807, 2.05) is 13.8 Å². The van der Waals surface area contributed by atoms with Crippen molar-refractivity contribution < 1.29 is 13.9 Å². The molecule has 0 aromatic carbocycles. The van der Waals surface area contributed by atoms with Gasteiger partial charge in [0, 0.05) is 6.61 Å². The van der Waals surface area contributed by atoms with Crippen LogP contribution < -0.4 is 10.6 Å². The molecule has 2 heterocycles. The fraction of sp³-hybridized carbons (Fsp3) is 0.636. The van der Waals surface area contributed by atoms with E-state index in [9.17, 15) is 4.79 Å². The van der Waals surface area contributed by atoms with Crippen LogP contribution in [0.5, 0.6) is 0 Å². The van der Waals surface area contributed by atoms with Crippen LogP contribution in [-0.4, -0.2) is 30.3 Å².